The van der Waals surface area contributed by atoms with Crippen LogP contribution in [0.1, 0.15) is 22.9 Å². The highest BCUT2D eigenvalue weighted by Crippen LogP contribution is 2.36. The van der Waals surface area contributed by atoms with Gasteiger partial charge in [0.15, 0.2) is 0 Å². The minimum atomic E-state index is -0.506. The van der Waals surface area contributed by atoms with E-state index in [2.05, 4.69) is 4.98 Å². The van der Waals surface area contributed by atoms with Crippen LogP contribution < -0.4 is 0 Å². The number of nitrogens with zero attached hydrogens (tertiary/aromatic N) is 1. The molecule has 1 aliphatic rings. The molecule has 1 heterocycles. The van der Waals surface area contributed by atoms with Crippen LogP contribution in [0.4, 0.5) is 0 Å². The van der Waals surface area contributed by atoms with Crippen LogP contribution in [0.3, 0.4) is 0 Å². The zero-order valence-corrected chi connectivity index (χ0v) is 8.67. The normalized spacial score (nSPS) is 18.1. The summed E-state index contributed by atoms with van der Waals surface area (Å²) in [6.45, 7) is 0. The van der Waals surface area contributed by atoms with E-state index in [1.54, 1.807) is 6.20 Å². The molecule has 0 saturated heterocycles. The van der Waals surface area contributed by atoms with Crippen molar-refractivity contribution in [1.82, 2.24) is 4.98 Å². The molecule has 2 aromatic rings. The molecule has 1 aliphatic carbocycles. The number of aliphatic hydroxyl groups excluding tert-OH is 1. The molecule has 1 N–H and O–H groups in total. The molecule has 0 amide bonds. The molecule has 16 heavy (non-hydrogen) atoms. The average molecular weight is 209 g/mol. The largest absolute Gasteiger partial charge is 0.384 e. The van der Waals surface area contributed by atoms with Crippen LogP contribution in [0.25, 0.3) is 5.57 Å². The Bertz CT molecular complexity index is 546. The zero-order chi connectivity index (χ0) is 11.0. The number of rotatable bonds is 1. The number of benzene rings is 1. The second-order valence-electron chi connectivity index (χ2n) is 3.83. The smallest absolute Gasteiger partial charge is 0.0987 e. The molecule has 0 spiro atoms. The molecule has 1 aromatic carbocycles. The van der Waals surface area contributed by atoms with Gasteiger partial charge in [-0.1, -0.05) is 30.3 Å². The fourth-order valence-corrected chi connectivity index (χ4v) is 2.08. The second kappa shape index (κ2) is 3.58. The maximum absolute atomic E-state index is 9.91. The van der Waals surface area contributed by atoms with Crippen LogP contribution in [-0.2, 0) is 0 Å². The summed E-state index contributed by atoms with van der Waals surface area (Å²) in [5.41, 5.74) is 3.96. The van der Waals surface area contributed by atoms with Crippen molar-refractivity contribution in [3.05, 3.63) is 71.6 Å². The molecule has 0 bridgehead atoms. The van der Waals surface area contributed by atoms with Crippen molar-refractivity contribution in [2.75, 3.05) is 0 Å². The topological polar surface area (TPSA) is 33.1 Å². The third-order valence-corrected chi connectivity index (χ3v) is 2.83. The number of fused-ring (bicyclic) bond motifs is 1. The lowest BCUT2D eigenvalue weighted by atomic mass is 10.0. The van der Waals surface area contributed by atoms with E-state index in [1.165, 1.54) is 0 Å². The first-order chi connectivity index (χ1) is 7.86. The first kappa shape index (κ1) is 9.31. The summed E-state index contributed by atoms with van der Waals surface area (Å²) in [7, 11) is 0. The van der Waals surface area contributed by atoms with Gasteiger partial charge in [0.25, 0.3) is 0 Å². The summed E-state index contributed by atoms with van der Waals surface area (Å²) in [6, 6.07) is 13.7. The van der Waals surface area contributed by atoms with Crippen LogP contribution in [0.5, 0.6) is 0 Å². The van der Waals surface area contributed by atoms with E-state index in [0.29, 0.717) is 0 Å². The minimum Gasteiger partial charge on any atom is -0.384 e. The van der Waals surface area contributed by atoms with Crippen molar-refractivity contribution in [2.45, 2.75) is 6.10 Å². The number of aliphatic hydroxyl groups is 1. The molecule has 78 valence electrons. The summed E-state index contributed by atoms with van der Waals surface area (Å²) in [5, 5.41) is 9.91. The van der Waals surface area contributed by atoms with E-state index in [0.717, 1.165) is 22.4 Å². The number of pyridine rings is 1. The van der Waals surface area contributed by atoms with Gasteiger partial charge in [0.2, 0.25) is 0 Å². The zero-order valence-electron chi connectivity index (χ0n) is 8.67. The van der Waals surface area contributed by atoms with Crippen molar-refractivity contribution in [3.8, 4) is 0 Å². The van der Waals surface area contributed by atoms with Crippen molar-refractivity contribution in [1.29, 1.82) is 0 Å². The Morgan fingerprint density at radius 2 is 1.81 bits per heavy atom. The Hall–Kier alpha value is -1.93. The second-order valence-corrected chi connectivity index (χ2v) is 3.83. The Balaban J connectivity index is 2.15. The van der Waals surface area contributed by atoms with Gasteiger partial charge in [0, 0.05) is 11.8 Å². The first-order valence-electron chi connectivity index (χ1n) is 5.27. The predicted molar refractivity (Wildman–Crippen MR) is 62.7 cm³/mol. The van der Waals surface area contributed by atoms with Crippen molar-refractivity contribution < 1.29 is 5.11 Å². The van der Waals surface area contributed by atoms with Crippen molar-refractivity contribution in [3.63, 3.8) is 0 Å². The van der Waals surface area contributed by atoms with E-state index in [1.807, 2.05) is 48.5 Å². The van der Waals surface area contributed by atoms with Gasteiger partial charge in [-0.15, -0.1) is 0 Å². The summed E-state index contributed by atoms with van der Waals surface area (Å²) >= 11 is 0. The molecule has 0 radical (unpaired) electrons. The third kappa shape index (κ3) is 1.35. The van der Waals surface area contributed by atoms with Crippen LogP contribution >= 0.6 is 0 Å². The summed E-state index contributed by atoms with van der Waals surface area (Å²) in [4.78, 5) is 4.31. The first-order valence-corrected chi connectivity index (χ1v) is 5.27. The molecular formula is C14H11NO. The lowest BCUT2D eigenvalue weighted by Crippen LogP contribution is -1.90. The van der Waals surface area contributed by atoms with Crippen molar-refractivity contribution >= 4 is 5.57 Å². The van der Waals surface area contributed by atoms with Gasteiger partial charge in [-0.05, 0) is 29.3 Å². The van der Waals surface area contributed by atoms with Crippen LogP contribution in [0.15, 0.2) is 54.7 Å². The van der Waals surface area contributed by atoms with Gasteiger partial charge in [-0.3, -0.25) is 4.98 Å². The number of aromatic nitrogens is 1. The lowest BCUT2D eigenvalue weighted by Gasteiger charge is -2.04. The van der Waals surface area contributed by atoms with Gasteiger partial charge in [-0.2, -0.15) is 0 Å². The SMILES string of the molecule is OC1C=C(c2ccccn2)c2ccccc21. The van der Waals surface area contributed by atoms with E-state index < -0.39 is 6.10 Å². The van der Waals surface area contributed by atoms with Crippen LogP contribution in [-0.4, -0.2) is 10.1 Å². The molecule has 0 fully saturated rings. The highest BCUT2D eigenvalue weighted by Gasteiger charge is 2.22. The molecule has 3 rings (SSSR count). The highest BCUT2D eigenvalue weighted by molar-refractivity contribution is 5.83. The molecule has 1 atom stereocenters. The Kier molecular flexibility index (Phi) is 2.08. The monoisotopic (exact) mass is 209 g/mol. The fourth-order valence-electron chi connectivity index (χ4n) is 2.08. The molecule has 0 saturated carbocycles. The molecule has 1 aromatic heterocycles. The molecule has 2 nitrogen and oxygen atoms in total. The Labute approximate surface area is 93.9 Å². The lowest BCUT2D eigenvalue weighted by molar-refractivity contribution is 0.232. The van der Waals surface area contributed by atoms with Crippen molar-refractivity contribution in [2.24, 2.45) is 0 Å². The number of hydrogen-bond donors (Lipinski definition) is 1. The number of hydrogen-bond acceptors (Lipinski definition) is 2. The standard InChI is InChI=1S/C14H11NO/c16-14-9-12(13-7-3-4-8-15-13)10-5-1-2-6-11(10)14/h1-9,14,16H. The molecule has 0 aliphatic heterocycles. The van der Waals surface area contributed by atoms with Gasteiger partial charge in [0.05, 0.1) is 11.8 Å². The van der Waals surface area contributed by atoms with Gasteiger partial charge >= 0.3 is 0 Å². The van der Waals surface area contributed by atoms with E-state index in [4.69, 9.17) is 0 Å². The fraction of sp³-hybridized carbons (Fsp3) is 0.0714. The maximum Gasteiger partial charge on any atom is 0.0987 e. The van der Waals surface area contributed by atoms with E-state index >= 15 is 0 Å². The van der Waals surface area contributed by atoms with Crippen LogP contribution in [0, 0.1) is 0 Å². The molecule has 2 heteroatoms. The average Bonchev–Trinajstić information content (AvgIpc) is 2.69. The van der Waals surface area contributed by atoms with Crippen LogP contribution in [0.2, 0.25) is 0 Å². The third-order valence-electron chi connectivity index (χ3n) is 2.83. The molecule has 1 unspecified atom stereocenters. The Morgan fingerprint density at radius 3 is 2.62 bits per heavy atom. The van der Waals surface area contributed by atoms with E-state index in [9.17, 15) is 5.11 Å². The quantitative estimate of drug-likeness (QED) is 0.783. The van der Waals surface area contributed by atoms with Gasteiger partial charge in [0.1, 0.15) is 0 Å². The minimum absolute atomic E-state index is 0.506. The van der Waals surface area contributed by atoms with Gasteiger partial charge < -0.3 is 5.11 Å². The summed E-state index contributed by atoms with van der Waals surface area (Å²) in [6.07, 6.45) is 3.12. The predicted octanol–water partition coefficient (Wildman–Crippen LogP) is 2.56. The highest BCUT2D eigenvalue weighted by atomic mass is 16.3. The van der Waals surface area contributed by atoms with E-state index in [-0.39, 0.29) is 0 Å². The Morgan fingerprint density at radius 1 is 1.00 bits per heavy atom. The van der Waals surface area contributed by atoms with Gasteiger partial charge in [-0.25, -0.2) is 0 Å². The summed E-state index contributed by atoms with van der Waals surface area (Å²) in [5.74, 6) is 0. The molecular weight excluding hydrogens is 198 g/mol. The maximum atomic E-state index is 9.91. The summed E-state index contributed by atoms with van der Waals surface area (Å²) < 4.78 is 0.